The van der Waals surface area contributed by atoms with Gasteiger partial charge in [-0.3, -0.25) is 9.39 Å². The normalized spacial score (nSPS) is 11.7. The van der Waals surface area contributed by atoms with Crippen molar-refractivity contribution < 1.29 is 4.39 Å². The van der Waals surface area contributed by atoms with Crippen molar-refractivity contribution in [2.45, 2.75) is 19.3 Å². The van der Waals surface area contributed by atoms with Crippen LogP contribution in [0, 0.1) is 5.82 Å². The van der Waals surface area contributed by atoms with Crippen molar-refractivity contribution in [2.75, 3.05) is 20.1 Å². The highest BCUT2D eigenvalue weighted by Crippen LogP contribution is 2.16. The van der Waals surface area contributed by atoms with Gasteiger partial charge >= 0.3 is 0 Å². The van der Waals surface area contributed by atoms with Crippen LogP contribution in [0.15, 0.2) is 52.1 Å². The predicted molar refractivity (Wildman–Crippen MR) is 108 cm³/mol. The number of hydrogen-bond acceptors (Lipinski definition) is 3. The molecule has 27 heavy (non-hydrogen) atoms. The molecule has 0 atom stereocenters. The molecule has 0 saturated heterocycles. The number of fused-ring (bicyclic) bond motifs is 1. The number of rotatable bonds is 7. The van der Waals surface area contributed by atoms with E-state index in [1.165, 1.54) is 6.07 Å². The van der Waals surface area contributed by atoms with Crippen molar-refractivity contribution in [3.05, 3.63) is 64.3 Å². The van der Waals surface area contributed by atoms with Gasteiger partial charge in [-0.05, 0) is 42.7 Å². The highest BCUT2D eigenvalue weighted by Gasteiger charge is 2.06. The van der Waals surface area contributed by atoms with Crippen molar-refractivity contribution in [1.29, 1.82) is 0 Å². The fraction of sp³-hybridized carbons (Fsp3) is 0.316. The molecule has 0 aliphatic rings. The molecule has 0 unspecified atom stereocenters. The highest BCUT2D eigenvalue weighted by molar-refractivity contribution is 9.10. The van der Waals surface area contributed by atoms with Crippen molar-refractivity contribution >= 4 is 27.5 Å². The van der Waals surface area contributed by atoms with Crippen LogP contribution < -0.4 is 10.6 Å². The molecule has 2 heterocycles. The molecule has 0 radical (unpaired) electrons. The number of pyridine rings is 1. The van der Waals surface area contributed by atoms with Crippen LogP contribution in [-0.2, 0) is 12.8 Å². The van der Waals surface area contributed by atoms with E-state index in [0.717, 1.165) is 40.3 Å². The third-order valence-electron chi connectivity index (χ3n) is 4.18. The summed E-state index contributed by atoms with van der Waals surface area (Å²) in [5.74, 6) is 1.45. The summed E-state index contributed by atoms with van der Waals surface area (Å²) < 4.78 is 16.5. The van der Waals surface area contributed by atoms with Gasteiger partial charge in [0.2, 0.25) is 0 Å². The van der Waals surface area contributed by atoms with Crippen LogP contribution in [0.1, 0.15) is 17.8 Å². The Bertz CT molecular complexity index is 923. The molecule has 6 nitrogen and oxygen atoms in total. The van der Waals surface area contributed by atoms with Gasteiger partial charge in [-0.2, -0.15) is 0 Å². The van der Waals surface area contributed by atoms with Crippen LogP contribution in [0.4, 0.5) is 4.39 Å². The topological polar surface area (TPSA) is 66.6 Å². The smallest absolute Gasteiger partial charge is 0.190 e. The fourth-order valence-corrected chi connectivity index (χ4v) is 3.12. The second-order valence-electron chi connectivity index (χ2n) is 6.06. The molecule has 0 aliphatic carbocycles. The molecule has 0 spiro atoms. The lowest BCUT2D eigenvalue weighted by molar-refractivity contribution is 0.601. The minimum atomic E-state index is -0.174. The van der Waals surface area contributed by atoms with Gasteiger partial charge in [0.1, 0.15) is 11.6 Å². The molecule has 0 fully saturated rings. The highest BCUT2D eigenvalue weighted by atomic mass is 79.9. The molecule has 142 valence electrons. The molecule has 0 amide bonds. The average molecular weight is 433 g/mol. The van der Waals surface area contributed by atoms with Crippen molar-refractivity contribution in [3.8, 4) is 0 Å². The molecule has 1 aromatic carbocycles. The molecule has 0 aliphatic heterocycles. The minimum absolute atomic E-state index is 0.174. The maximum Gasteiger partial charge on any atom is 0.190 e. The Morgan fingerprint density at radius 2 is 2.00 bits per heavy atom. The summed E-state index contributed by atoms with van der Waals surface area (Å²) >= 11 is 3.27. The molecule has 0 bridgehead atoms. The van der Waals surface area contributed by atoms with Crippen LogP contribution >= 0.6 is 15.9 Å². The molecule has 2 N–H and O–H groups in total. The number of halogens is 2. The van der Waals surface area contributed by atoms with Crippen LogP contribution in [0.5, 0.6) is 0 Å². The van der Waals surface area contributed by atoms with Crippen LogP contribution in [-0.4, -0.2) is 40.7 Å². The maximum absolute atomic E-state index is 13.8. The Morgan fingerprint density at radius 1 is 1.15 bits per heavy atom. The van der Waals surface area contributed by atoms with E-state index in [-0.39, 0.29) is 5.82 Å². The lowest BCUT2D eigenvalue weighted by Gasteiger charge is -2.11. The molecule has 3 rings (SSSR count). The van der Waals surface area contributed by atoms with Crippen LogP contribution in [0.3, 0.4) is 0 Å². The number of nitrogens with one attached hydrogen (secondary N) is 2. The number of aliphatic imine (C=N–C) groups is 1. The summed E-state index contributed by atoms with van der Waals surface area (Å²) in [7, 11) is 1.73. The molecular formula is C19H22BrFN6. The van der Waals surface area contributed by atoms with E-state index < -0.39 is 0 Å². The first-order valence-electron chi connectivity index (χ1n) is 8.84. The van der Waals surface area contributed by atoms with Gasteiger partial charge in [0, 0.05) is 37.2 Å². The first-order valence-corrected chi connectivity index (χ1v) is 9.64. The second-order valence-corrected chi connectivity index (χ2v) is 6.98. The lowest BCUT2D eigenvalue weighted by atomic mass is 10.1. The quantitative estimate of drug-likeness (QED) is 0.342. The number of aryl methyl sites for hydroxylation is 1. The standard InChI is InChI=1S/C19H22BrFN6/c1-22-19(23-10-4-5-14-7-8-15(20)13-16(14)21)24-11-9-18-26-25-17-6-2-3-12-27(17)18/h2-3,6-8,12-13H,4-5,9-11H2,1H3,(H2,22,23,24). The van der Waals surface area contributed by atoms with Gasteiger partial charge < -0.3 is 10.6 Å². The van der Waals surface area contributed by atoms with E-state index in [1.54, 1.807) is 7.05 Å². The number of hydrogen-bond donors (Lipinski definition) is 2. The fourth-order valence-electron chi connectivity index (χ4n) is 2.78. The molecule has 8 heteroatoms. The van der Waals surface area contributed by atoms with Crippen molar-refractivity contribution in [2.24, 2.45) is 4.99 Å². The van der Waals surface area contributed by atoms with E-state index in [1.807, 2.05) is 40.9 Å². The summed E-state index contributed by atoms with van der Waals surface area (Å²) in [5, 5.41) is 14.9. The third kappa shape index (κ3) is 5.26. The SMILES string of the molecule is CN=C(NCCCc1ccc(Br)cc1F)NCCc1nnc2ccccn12. The number of guanidine groups is 1. The van der Waals surface area contributed by atoms with Gasteiger partial charge in [0.25, 0.3) is 0 Å². The van der Waals surface area contributed by atoms with E-state index in [9.17, 15) is 4.39 Å². The van der Waals surface area contributed by atoms with Gasteiger partial charge in [0.05, 0.1) is 0 Å². The molecule has 0 saturated carbocycles. The van der Waals surface area contributed by atoms with Crippen LogP contribution in [0.2, 0.25) is 0 Å². The zero-order valence-corrected chi connectivity index (χ0v) is 16.7. The summed E-state index contributed by atoms with van der Waals surface area (Å²) in [6.45, 7) is 1.40. The Hall–Kier alpha value is -2.48. The second kappa shape index (κ2) is 9.45. The van der Waals surface area contributed by atoms with E-state index >= 15 is 0 Å². The van der Waals surface area contributed by atoms with Gasteiger partial charge in [-0.15, -0.1) is 10.2 Å². The maximum atomic E-state index is 13.8. The van der Waals surface area contributed by atoms with Gasteiger partial charge in [-0.25, -0.2) is 4.39 Å². The molecule has 3 aromatic rings. The number of benzene rings is 1. The first kappa shape index (κ1) is 19.3. The average Bonchev–Trinajstić information content (AvgIpc) is 3.08. The molecule has 2 aromatic heterocycles. The number of nitrogens with zero attached hydrogens (tertiary/aromatic N) is 4. The van der Waals surface area contributed by atoms with Crippen LogP contribution in [0.25, 0.3) is 5.65 Å². The summed E-state index contributed by atoms with van der Waals surface area (Å²) in [6.07, 6.45) is 4.18. The van der Waals surface area contributed by atoms with Gasteiger partial charge in [0.15, 0.2) is 11.6 Å². The predicted octanol–water partition coefficient (Wildman–Crippen LogP) is 2.97. The zero-order chi connectivity index (χ0) is 19.1. The first-order chi connectivity index (χ1) is 13.2. The Kier molecular flexibility index (Phi) is 6.75. The molecular weight excluding hydrogens is 411 g/mol. The van der Waals surface area contributed by atoms with Crippen molar-refractivity contribution in [1.82, 2.24) is 25.2 Å². The largest absolute Gasteiger partial charge is 0.356 e. The van der Waals surface area contributed by atoms with Crippen molar-refractivity contribution in [3.63, 3.8) is 0 Å². The minimum Gasteiger partial charge on any atom is -0.356 e. The van der Waals surface area contributed by atoms with Gasteiger partial charge in [-0.1, -0.05) is 28.1 Å². The van der Waals surface area contributed by atoms with E-state index in [0.29, 0.717) is 19.5 Å². The summed E-state index contributed by atoms with van der Waals surface area (Å²) in [5.41, 5.74) is 1.57. The van der Waals surface area contributed by atoms with E-state index in [2.05, 4.69) is 41.8 Å². The summed E-state index contributed by atoms with van der Waals surface area (Å²) in [4.78, 5) is 4.21. The Morgan fingerprint density at radius 3 is 2.81 bits per heavy atom. The third-order valence-corrected chi connectivity index (χ3v) is 4.67. The Balaban J connectivity index is 1.40. The zero-order valence-electron chi connectivity index (χ0n) is 15.1. The lowest BCUT2D eigenvalue weighted by Crippen LogP contribution is -2.39. The number of aromatic nitrogens is 3. The summed E-state index contributed by atoms with van der Waals surface area (Å²) in [6, 6.07) is 11.0. The Labute approximate surface area is 166 Å². The monoisotopic (exact) mass is 432 g/mol. The van der Waals surface area contributed by atoms with E-state index in [4.69, 9.17) is 0 Å².